The van der Waals surface area contributed by atoms with Gasteiger partial charge in [0.25, 0.3) is 0 Å². The van der Waals surface area contributed by atoms with Crippen LogP contribution in [0.15, 0.2) is 23.1 Å². The first-order chi connectivity index (χ1) is 12.2. The van der Waals surface area contributed by atoms with E-state index >= 15 is 0 Å². The van der Waals surface area contributed by atoms with Gasteiger partial charge in [0, 0.05) is 38.2 Å². The normalized spacial score (nSPS) is 16.3. The first-order valence-corrected chi connectivity index (χ1v) is 9.92. The molecule has 1 heterocycles. The molecule has 1 saturated heterocycles. The van der Waals surface area contributed by atoms with E-state index in [0.29, 0.717) is 18.9 Å². The summed E-state index contributed by atoms with van der Waals surface area (Å²) in [6.45, 7) is 8.49. The molecule has 26 heavy (non-hydrogen) atoms. The molecule has 1 aliphatic rings. The maximum Gasteiger partial charge on any atom is 0.240 e. The molecule has 1 amide bonds. The summed E-state index contributed by atoms with van der Waals surface area (Å²) in [5.41, 5.74) is 0.0875. The second-order valence-electron chi connectivity index (χ2n) is 6.78. The molecule has 1 aromatic rings. The van der Waals surface area contributed by atoms with E-state index < -0.39 is 10.0 Å². The summed E-state index contributed by atoms with van der Waals surface area (Å²) in [4.78, 5) is 13.5. The number of benzene rings is 1. The molecule has 0 bridgehead atoms. The van der Waals surface area contributed by atoms with Crippen LogP contribution in [0, 0.1) is 0 Å². The van der Waals surface area contributed by atoms with Crippen LogP contribution in [-0.4, -0.2) is 64.7 Å². The minimum atomic E-state index is -3.71. The Labute approximate surface area is 154 Å². The molecule has 2 rings (SSSR count). The lowest BCUT2D eigenvalue weighted by Gasteiger charge is -2.40. The van der Waals surface area contributed by atoms with Crippen LogP contribution in [0.4, 0.5) is 5.69 Å². The predicted molar refractivity (Wildman–Crippen MR) is 99.0 cm³/mol. The summed E-state index contributed by atoms with van der Waals surface area (Å²) in [6.07, 6.45) is 0. The van der Waals surface area contributed by atoms with Crippen LogP contribution in [0.25, 0.3) is 0 Å². The number of carbonyl (C=O) groups is 1. The fourth-order valence-electron chi connectivity index (χ4n) is 2.77. The van der Waals surface area contributed by atoms with Gasteiger partial charge < -0.3 is 14.8 Å². The number of anilines is 1. The fraction of sp³-hybridized carbons (Fsp3) is 0.588. The van der Waals surface area contributed by atoms with Crippen LogP contribution < -0.4 is 14.8 Å². The Bertz CT molecular complexity index is 743. The Hall–Kier alpha value is -1.68. The van der Waals surface area contributed by atoms with Crippen molar-refractivity contribution in [2.24, 2.45) is 0 Å². The third kappa shape index (κ3) is 5.16. The lowest BCUT2D eigenvalue weighted by Crippen LogP contribution is -2.55. The molecule has 0 aliphatic carbocycles. The first kappa shape index (κ1) is 20.6. The Morgan fingerprint density at radius 3 is 2.54 bits per heavy atom. The lowest BCUT2D eigenvalue weighted by atomic mass is 10.0. The molecular formula is C17H27N3O5S. The van der Waals surface area contributed by atoms with Gasteiger partial charge in [-0.05, 0) is 26.0 Å². The zero-order chi connectivity index (χ0) is 19.4. The van der Waals surface area contributed by atoms with Gasteiger partial charge in [-0.2, -0.15) is 0 Å². The molecule has 0 spiro atoms. The van der Waals surface area contributed by atoms with Crippen LogP contribution in [0.1, 0.15) is 20.8 Å². The molecule has 0 saturated carbocycles. The third-order valence-electron chi connectivity index (χ3n) is 4.36. The van der Waals surface area contributed by atoms with Crippen molar-refractivity contribution < 1.29 is 22.7 Å². The number of sulfonamides is 1. The summed E-state index contributed by atoms with van der Waals surface area (Å²) in [6, 6.07) is 4.36. The molecule has 0 aromatic heterocycles. The van der Waals surface area contributed by atoms with Crippen molar-refractivity contribution in [1.82, 2.24) is 9.62 Å². The largest absolute Gasteiger partial charge is 0.495 e. The molecule has 1 fully saturated rings. The number of ether oxygens (including phenoxy) is 2. The van der Waals surface area contributed by atoms with Gasteiger partial charge in [0.2, 0.25) is 15.9 Å². The van der Waals surface area contributed by atoms with Gasteiger partial charge in [0.1, 0.15) is 5.75 Å². The van der Waals surface area contributed by atoms with Crippen LogP contribution >= 0.6 is 0 Å². The van der Waals surface area contributed by atoms with Crippen molar-refractivity contribution in [2.75, 3.05) is 45.3 Å². The van der Waals surface area contributed by atoms with E-state index in [4.69, 9.17) is 9.47 Å². The summed E-state index contributed by atoms with van der Waals surface area (Å²) in [5.74, 6) is 0.0276. The van der Waals surface area contributed by atoms with E-state index in [1.165, 1.54) is 32.2 Å². The molecule has 1 aliphatic heterocycles. The number of methoxy groups -OCH3 is 1. The molecule has 2 N–H and O–H groups in total. The molecule has 8 nitrogen and oxygen atoms in total. The maximum absolute atomic E-state index is 12.7. The second kappa shape index (κ2) is 8.34. The van der Waals surface area contributed by atoms with Crippen molar-refractivity contribution in [1.29, 1.82) is 0 Å². The summed E-state index contributed by atoms with van der Waals surface area (Å²) < 4.78 is 38.5. The highest BCUT2D eigenvalue weighted by Gasteiger charge is 2.30. The van der Waals surface area contributed by atoms with Gasteiger partial charge in [-0.25, -0.2) is 13.1 Å². The standard InChI is InChI=1S/C17H27N3O5S/c1-13(21)19-15-6-5-14(11-16(15)24-4)26(22,23)18-12-17(2,3)20-7-9-25-10-8-20/h5-6,11,18H,7-10,12H2,1-4H3,(H,19,21). The fourth-order valence-corrected chi connectivity index (χ4v) is 3.99. The van der Waals surface area contributed by atoms with E-state index in [1.54, 1.807) is 0 Å². The van der Waals surface area contributed by atoms with Gasteiger partial charge in [-0.1, -0.05) is 0 Å². The minimum Gasteiger partial charge on any atom is -0.495 e. The first-order valence-electron chi connectivity index (χ1n) is 8.44. The Morgan fingerprint density at radius 1 is 1.31 bits per heavy atom. The zero-order valence-corrected chi connectivity index (χ0v) is 16.5. The molecular weight excluding hydrogens is 358 g/mol. The monoisotopic (exact) mass is 385 g/mol. The number of nitrogens with zero attached hydrogens (tertiary/aromatic N) is 1. The van der Waals surface area contributed by atoms with Crippen molar-refractivity contribution in [3.63, 3.8) is 0 Å². The van der Waals surface area contributed by atoms with Crippen LogP contribution in [-0.2, 0) is 19.6 Å². The molecule has 1 aromatic carbocycles. The van der Waals surface area contributed by atoms with Crippen LogP contribution in [0.3, 0.4) is 0 Å². The third-order valence-corrected chi connectivity index (χ3v) is 5.75. The number of morpholine rings is 1. The van der Waals surface area contributed by atoms with E-state index in [0.717, 1.165) is 13.1 Å². The number of nitrogens with one attached hydrogen (secondary N) is 2. The Morgan fingerprint density at radius 2 is 1.96 bits per heavy atom. The van der Waals surface area contributed by atoms with Crippen molar-refractivity contribution in [3.8, 4) is 5.75 Å². The molecule has 0 atom stereocenters. The quantitative estimate of drug-likeness (QED) is 0.728. The second-order valence-corrected chi connectivity index (χ2v) is 8.55. The highest BCUT2D eigenvalue weighted by Crippen LogP contribution is 2.27. The number of hydrogen-bond acceptors (Lipinski definition) is 6. The number of carbonyl (C=O) groups excluding carboxylic acids is 1. The van der Waals surface area contributed by atoms with E-state index in [-0.39, 0.29) is 28.6 Å². The highest BCUT2D eigenvalue weighted by atomic mass is 32.2. The number of hydrogen-bond donors (Lipinski definition) is 2. The van der Waals surface area contributed by atoms with Crippen molar-refractivity contribution >= 4 is 21.6 Å². The van der Waals surface area contributed by atoms with Crippen LogP contribution in [0.5, 0.6) is 5.75 Å². The molecule has 0 radical (unpaired) electrons. The van der Waals surface area contributed by atoms with Gasteiger partial charge >= 0.3 is 0 Å². The Kier molecular flexibility index (Phi) is 6.62. The summed E-state index contributed by atoms with van der Waals surface area (Å²) in [7, 11) is -2.29. The van der Waals surface area contributed by atoms with Crippen molar-refractivity contribution in [2.45, 2.75) is 31.2 Å². The van der Waals surface area contributed by atoms with Gasteiger partial charge in [-0.3, -0.25) is 9.69 Å². The van der Waals surface area contributed by atoms with E-state index in [9.17, 15) is 13.2 Å². The average Bonchev–Trinajstić information content (AvgIpc) is 2.61. The van der Waals surface area contributed by atoms with Gasteiger partial charge in [0.05, 0.1) is 30.9 Å². The molecule has 146 valence electrons. The molecule has 0 unspecified atom stereocenters. The SMILES string of the molecule is COc1cc(S(=O)(=O)NCC(C)(C)N2CCOCC2)ccc1NC(C)=O. The summed E-state index contributed by atoms with van der Waals surface area (Å²) >= 11 is 0. The predicted octanol–water partition coefficient (Wildman–Crippen LogP) is 1.04. The zero-order valence-electron chi connectivity index (χ0n) is 15.7. The summed E-state index contributed by atoms with van der Waals surface area (Å²) in [5, 5.41) is 2.60. The van der Waals surface area contributed by atoms with E-state index in [1.807, 2.05) is 13.8 Å². The highest BCUT2D eigenvalue weighted by molar-refractivity contribution is 7.89. The maximum atomic E-state index is 12.7. The minimum absolute atomic E-state index is 0.0845. The van der Waals surface area contributed by atoms with Crippen molar-refractivity contribution in [3.05, 3.63) is 18.2 Å². The number of rotatable bonds is 7. The number of amides is 1. The topological polar surface area (TPSA) is 97.0 Å². The average molecular weight is 385 g/mol. The van der Waals surface area contributed by atoms with Gasteiger partial charge in [-0.15, -0.1) is 0 Å². The van der Waals surface area contributed by atoms with E-state index in [2.05, 4.69) is 14.9 Å². The smallest absolute Gasteiger partial charge is 0.240 e. The van der Waals surface area contributed by atoms with Gasteiger partial charge in [0.15, 0.2) is 0 Å². The Balaban J connectivity index is 2.12. The van der Waals surface area contributed by atoms with Crippen LogP contribution in [0.2, 0.25) is 0 Å². The molecule has 9 heteroatoms. The lowest BCUT2D eigenvalue weighted by molar-refractivity contribution is -0.114.